The average Bonchev–Trinajstić information content (AvgIpc) is 2.34. The first-order valence-electron chi connectivity index (χ1n) is 5.72. The highest BCUT2D eigenvalue weighted by atomic mass is 16.4. The van der Waals surface area contributed by atoms with Crippen LogP contribution in [0.5, 0.6) is 0 Å². The molecule has 1 rings (SSSR count). The highest BCUT2D eigenvalue weighted by molar-refractivity contribution is 5.74. The number of aromatic nitrogens is 1. The molecule has 0 bridgehead atoms. The summed E-state index contributed by atoms with van der Waals surface area (Å²) in [7, 11) is 3.70. The van der Waals surface area contributed by atoms with Crippen LogP contribution in [-0.2, 0) is 9.59 Å². The number of carbonyl (C=O) groups is 2. The van der Waals surface area contributed by atoms with Gasteiger partial charge in [0, 0.05) is 20.6 Å². The van der Waals surface area contributed by atoms with Crippen molar-refractivity contribution < 1.29 is 19.8 Å². The van der Waals surface area contributed by atoms with E-state index in [1.807, 2.05) is 19.0 Å². The average molecular weight is 267 g/mol. The molecule has 1 aromatic heterocycles. The maximum atomic E-state index is 10.8. The zero-order chi connectivity index (χ0) is 14.4. The number of rotatable bonds is 7. The van der Waals surface area contributed by atoms with Gasteiger partial charge in [-0.25, -0.2) is 4.98 Å². The maximum Gasteiger partial charge on any atom is 0.323 e. The molecule has 2 N–H and O–H groups in total. The number of hydrogen-bond donors (Lipinski definition) is 2. The molecule has 19 heavy (non-hydrogen) atoms. The van der Waals surface area contributed by atoms with Crippen molar-refractivity contribution in [2.45, 2.75) is 6.42 Å². The molecule has 0 aliphatic heterocycles. The van der Waals surface area contributed by atoms with E-state index in [1.165, 1.54) is 4.90 Å². The van der Waals surface area contributed by atoms with Gasteiger partial charge in [0.1, 0.15) is 12.4 Å². The third-order valence-electron chi connectivity index (χ3n) is 2.48. The summed E-state index contributed by atoms with van der Waals surface area (Å²) in [5.74, 6) is -1.23. The van der Waals surface area contributed by atoms with Crippen LogP contribution in [0.4, 0.5) is 11.5 Å². The minimum atomic E-state index is -1.01. The zero-order valence-electron chi connectivity index (χ0n) is 10.9. The van der Waals surface area contributed by atoms with Crippen molar-refractivity contribution in [3.05, 3.63) is 18.3 Å². The highest BCUT2D eigenvalue weighted by Gasteiger charge is 2.13. The number of nitrogens with zero attached hydrogens (tertiary/aromatic N) is 3. The van der Waals surface area contributed by atoms with Crippen molar-refractivity contribution in [2.24, 2.45) is 0 Å². The van der Waals surface area contributed by atoms with E-state index in [0.717, 1.165) is 5.82 Å². The molecule has 0 atom stereocenters. The number of carboxylic acid groups (broad SMARTS) is 2. The summed E-state index contributed by atoms with van der Waals surface area (Å²) in [6.07, 6.45) is 1.42. The minimum Gasteiger partial charge on any atom is -0.481 e. The van der Waals surface area contributed by atoms with E-state index < -0.39 is 11.9 Å². The van der Waals surface area contributed by atoms with Crippen LogP contribution in [0.3, 0.4) is 0 Å². The number of aliphatic carboxylic acids is 2. The standard InChI is InChI=1S/C12H17N3O4/c1-14(2)10-4-3-9(7-13-10)15(8-12(18)19)6-5-11(16)17/h3-4,7H,5-6,8H2,1-2H3,(H,16,17)(H,18,19). The van der Waals surface area contributed by atoms with Crippen LogP contribution in [-0.4, -0.2) is 54.3 Å². The molecule has 0 unspecified atom stereocenters. The molecular formula is C12H17N3O4. The number of hydrogen-bond acceptors (Lipinski definition) is 5. The summed E-state index contributed by atoms with van der Waals surface area (Å²) in [5.41, 5.74) is 0.592. The fourth-order valence-corrected chi connectivity index (χ4v) is 1.52. The van der Waals surface area contributed by atoms with Gasteiger partial charge < -0.3 is 20.0 Å². The lowest BCUT2D eigenvalue weighted by Gasteiger charge is -2.22. The van der Waals surface area contributed by atoms with Gasteiger partial charge in [-0.05, 0) is 12.1 Å². The molecule has 0 aliphatic rings. The highest BCUT2D eigenvalue weighted by Crippen LogP contribution is 2.16. The number of pyridine rings is 1. The van der Waals surface area contributed by atoms with Crippen molar-refractivity contribution in [1.82, 2.24) is 4.98 Å². The van der Waals surface area contributed by atoms with Crippen molar-refractivity contribution >= 4 is 23.4 Å². The summed E-state index contributed by atoms with van der Waals surface area (Å²) in [4.78, 5) is 28.8. The molecule has 0 saturated heterocycles. The van der Waals surface area contributed by atoms with E-state index in [1.54, 1.807) is 18.3 Å². The third kappa shape index (κ3) is 4.82. The van der Waals surface area contributed by atoms with Gasteiger partial charge in [0.25, 0.3) is 0 Å². The van der Waals surface area contributed by atoms with E-state index in [9.17, 15) is 9.59 Å². The van der Waals surface area contributed by atoms with Gasteiger partial charge in [-0.15, -0.1) is 0 Å². The monoisotopic (exact) mass is 267 g/mol. The van der Waals surface area contributed by atoms with Crippen molar-refractivity contribution in [1.29, 1.82) is 0 Å². The summed E-state index contributed by atoms with van der Waals surface area (Å²) in [5, 5.41) is 17.5. The third-order valence-corrected chi connectivity index (χ3v) is 2.48. The predicted octanol–water partition coefficient (Wildman–Crippen LogP) is 0.513. The van der Waals surface area contributed by atoms with Gasteiger partial charge in [0.05, 0.1) is 18.3 Å². The first kappa shape index (κ1) is 14.7. The van der Waals surface area contributed by atoms with E-state index in [2.05, 4.69) is 4.98 Å². The molecule has 0 fully saturated rings. The van der Waals surface area contributed by atoms with E-state index >= 15 is 0 Å². The Bertz CT molecular complexity index is 445. The van der Waals surface area contributed by atoms with Gasteiger partial charge in [-0.1, -0.05) is 0 Å². The van der Waals surface area contributed by atoms with E-state index in [0.29, 0.717) is 5.69 Å². The number of carboxylic acids is 2. The topological polar surface area (TPSA) is 94.0 Å². The normalized spacial score (nSPS) is 10.0. The predicted molar refractivity (Wildman–Crippen MR) is 70.7 cm³/mol. The Morgan fingerprint density at radius 2 is 1.89 bits per heavy atom. The van der Waals surface area contributed by atoms with Crippen molar-refractivity contribution in [2.75, 3.05) is 37.0 Å². The molecule has 0 amide bonds. The second kappa shape index (κ2) is 6.58. The molecule has 0 aliphatic carbocycles. The van der Waals surface area contributed by atoms with Crippen LogP contribution in [0.1, 0.15) is 6.42 Å². The second-order valence-electron chi connectivity index (χ2n) is 4.23. The molecule has 0 aromatic carbocycles. The fraction of sp³-hybridized carbons (Fsp3) is 0.417. The Morgan fingerprint density at radius 1 is 1.21 bits per heavy atom. The molecule has 0 spiro atoms. The molecule has 0 radical (unpaired) electrons. The Balaban J connectivity index is 2.83. The molecule has 0 saturated carbocycles. The van der Waals surface area contributed by atoms with Crippen molar-refractivity contribution in [3.63, 3.8) is 0 Å². The Hall–Kier alpha value is -2.31. The Morgan fingerprint density at radius 3 is 2.32 bits per heavy atom. The van der Waals surface area contributed by atoms with Crippen molar-refractivity contribution in [3.8, 4) is 0 Å². The lowest BCUT2D eigenvalue weighted by Crippen LogP contribution is -2.31. The first-order chi connectivity index (χ1) is 8.90. The first-order valence-corrected chi connectivity index (χ1v) is 5.72. The summed E-state index contributed by atoms with van der Waals surface area (Å²) in [6.45, 7) is -0.124. The Kier molecular flexibility index (Phi) is 5.11. The lowest BCUT2D eigenvalue weighted by atomic mass is 10.3. The van der Waals surface area contributed by atoms with E-state index in [4.69, 9.17) is 10.2 Å². The Labute approximate surface area is 111 Å². The molecule has 1 aromatic rings. The van der Waals surface area contributed by atoms with Crippen LogP contribution in [0.15, 0.2) is 18.3 Å². The summed E-state index contributed by atoms with van der Waals surface area (Å²) >= 11 is 0. The SMILES string of the molecule is CN(C)c1ccc(N(CCC(=O)O)CC(=O)O)cn1. The molecule has 104 valence electrons. The fourth-order valence-electron chi connectivity index (χ4n) is 1.52. The van der Waals surface area contributed by atoms with Crippen LogP contribution in [0, 0.1) is 0 Å². The summed E-state index contributed by atoms with van der Waals surface area (Å²) in [6, 6.07) is 3.48. The molecule has 7 nitrogen and oxygen atoms in total. The van der Waals surface area contributed by atoms with Gasteiger partial charge in [0.15, 0.2) is 0 Å². The summed E-state index contributed by atoms with van der Waals surface area (Å²) < 4.78 is 0. The van der Waals surface area contributed by atoms with Gasteiger partial charge >= 0.3 is 11.9 Å². The smallest absolute Gasteiger partial charge is 0.323 e. The molecule has 7 heteroatoms. The minimum absolute atomic E-state index is 0.122. The number of anilines is 2. The van der Waals surface area contributed by atoms with Gasteiger partial charge in [-0.3, -0.25) is 9.59 Å². The van der Waals surface area contributed by atoms with E-state index in [-0.39, 0.29) is 19.5 Å². The largest absolute Gasteiger partial charge is 0.481 e. The molecule has 1 heterocycles. The molecular weight excluding hydrogens is 250 g/mol. The van der Waals surface area contributed by atoms with Gasteiger partial charge in [0.2, 0.25) is 0 Å². The quantitative estimate of drug-likeness (QED) is 0.743. The second-order valence-corrected chi connectivity index (χ2v) is 4.23. The zero-order valence-corrected chi connectivity index (χ0v) is 10.9. The van der Waals surface area contributed by atoms with Crippen LogP contribution in [0.25, 0.3) is 0 Å². The van der Waals surface area contributed by atoms with Crippen LogP contribution in [0.2, 0.25) is 0 Å². The van der Waals surface area contributed by atoms with Crippen LogP contribution < -0.4 is 9.80 Å². The maximum absolute atomic E-state index is 10.8. The lowest BCUT2D eigenvalue weighted by molar-refractivity contribution is -0.138. The van der Waals surface area contributed by atoms with Gasteiger partial charge in [-0.2, -0.15) is 0 Å². The van der Waals surface area contributed by atoms with Crippen LogP contribution >= 0.6 is 0 Å².